The van der Waals surface area contributed by atoms with E-state index in [0.717, 1.165) is 21.5 Å². The Morgan fingerprint density at radius 3 is 2.21 bits per heavy atom. The Balaban J connectivity index is 1.69. The van der Waals surface area contributed by atoms with Gasteiger partial charge < -0.3 is 8.85 Å². The van der Waals surface area contributed by atoms with E-state index in [1.165, 1.54) is 0 Å². The van der Waals surface area contributed by atoms with E-state index in [1.54, 1.807) is 12.1 Å². The summed E-state index contributed by atoms with van der Waals surface area (Å²) < 4.78 is 23.2. The maximum atomic E-state index is 12.2. The molecule has 0 saturated heterocycles. The highest BCUT2D eigenvalue weighted by molar-refractivity contribution is 6.29. The molecule has 0 atom stereocenters. The minimum absolute atomic E-state index is 0.534. The van der Waals surface area contributed by atoms with Gasteiger partial charge in [0.05, 0.1) is 0 Å². The molecule has 0 spiro atoms. The van der Waals surface area contributed by atoms with Gasteiger partial charge in [0, 0.05) is 5.39 Å². The Morgan fingerprint density at radius 1 is 0.583 bits per heavy atom. The zero-order chi connectivity index (χ0) is 16.4. The van der Waals surface area contributed by atoms with E-state index in [1.807, 2.05) is 60.7 Å². The van der Waals surface area contributed by atoms with E-state index in [0.29, 0.717) is 11.5 Å². The van der Waals surface area contributed by atoms with Crippen molar-refractivity contribution in [1.29, 1.82) is 0 Å². The molecule has 4 rings (SSSR count). The largest absolute Gasteiger partial charge is 0.778 e. The molecule has 0 aromatic heterocycles. The van der Waals surface area contributed by atoms with Crippen molar-refractivity contribution in [3.8, 4) is 11.5 Å². The van der Waals surface area contributed by atoms with Crippen molar-refractivity contribution in [2.75, 3.05) is 0 Å². The van der Waals surface area contributed by atoms with Gasteiger partial charge in [0.15, 0.2) is 0 Å². The summed E-state index contributed by atoms with van der Waals surface area (Å²) in [5, 5.41) is 4.30. The molecule has 0 fully saturated rings. The van der Waals surface area contributed by atoms with Gasteiger partial charge in [0.25, 0.3) is 0 Å². The summed E-state index contributed by atoms with van der Waals surface area (Å²) in [6.07, 6.45) is 0. The van der Waals surface area contributed by atoms with E-state index in [2.05, 4.69) is 12.1 Å². The molecule has 4 aromatic rings. The smallest absolute Gasteiger partial charge is 0.459 e. The Bertz CT molecular complexity index is 1030. The lowest BCUT2D eigenvalue weighted by Gasteiger charge is -2.10. The molecule has 116 valence electrons. The Morgan fingerprint density at radius 2 is 1.33 bits per heavy atom. The lowest BCUT2D eigenvalue weighted by molar-refractivity contribution is 0.348. The third kappa shape index (κ3) is 2.79. The summed E-state index contributed by atoms with van der Waals surface area (Å²) in [5.74, 6) is 1.10. The van der Waals surface area contributed by atoms with Crippen LogP contribution in [0.1, 0.15) is 0 Å². The van der Waals surface area contributed by atoms with Crippen molar-refractivity contribution in [3.05, 3.63) is 84.9 Å². The van der Waals surface area contributed by atoms with Crippen LogP contribution < -0.4 is 8.85 Å². The lowest BCUT2D eigenvalue weighted by atomic mass is 10.0. The van der Waals surface area contributed by atoms with Crippen LogP contribution in [0.5, 0.6) is 11.5 Å². The molecular weight excluding hydrogens is 316 g/mol. The van der Waals surface area contributed by atoms with Crippen LogP contribution in [0.15, 0.2) is 84.9 Å². The zero-order valence-electron chi connectivity index (χ0n) is 12.8. The molecule has 0 saturated carbocycles. The maximum Gasteiger partial charge on any atom is 0.778 e. The molecule has 0 heterocycles. The number of hydrogen-bond donors (Lipinski definition) is 0. The van der Waals surface area contributed by atoms with Crippen molar-refractivity contribution < 1.29 is 13.3 Å². The van der Waals surface area contributed by atoms with Gasteiger partial charge in [0.1, 0.15) is 11.5 Å². The van der Waals surface area contributed by atoms with Crippen molar-refractivity contribution in [3.63, 3.8) is 0 Å². The first-order valence-corrected chi connectivity index (χ1v) is 8.89. The second-order valence-electron chi connectivity index (χ2n) is 5.41. The molecule has 24 heavy (non-hydrogen) atoms. The van der Waals surface area contributed by atoms with Gasteiger partial charge in [-0.1, -0.05) is 66.7 Å². The highest BCUT2D eigenvalue weighted by Crippen LogP contribution is 2.31. The fourth-order valence-electron chi connectivity index (χ4n) is 2.80. The molecule has 0 N–H and O–H groups in total. The predicted molar refractivity (Wildman–Crippen MR) is 95.6 cm³/mol. The number of fused-ring (bicyclic) bond motifs is 3. The fraction of sp³-hybridized carbons (Fsp3) is 0. The van der Waals surface area contributed by atoms with Crippen molar-refractivity contribution in [2.24, 2.45) is 0 Å². The van der Waals surface area contributed by atoms with Gasteiger partial charge in [-0.2, -0.15) is 0 Å². The first-order chi connectivity index (χ1) is 11.8. The molecule has 4 aromatic carbocycles. The first kappa shape index (κ1) is 14.6. The van der Waals surface area contributed by atoms with E-state index in [-0.39, 0.29) is 0 Å². The minimum atomic E-state index is -2.69. The zero-order valence-corrected chi connectivity index (χ0v) is 13.8. The van der Waals surface area contributed by atoms with Crippen LogP contribution in [0.4, 0.5) is 0 Å². The third-order valence-electron chi connectivity index (χ3n) is 3.88. The van der Waals surface area contributed by atoms with E-state index < -0.39 is 9.17 Å². The lowest BCUT2D eigenvalue weighted by Crippen LogP contribution is -2.19. The van der Waals surface area contributed by atoms with E-state index in [9.17, 15) is 4.46 Å². The van der Waals surface area contributed by atoms with Crippen LogP contribution in [-0.4, -0.2) is 9.17 Å². The normalized spacial score (nSPS) is 10.7. The van der Waals surface area contributed by atoms with E-state index in [4.69, 9.17) is 8.85 Å². The van der Waals surface area contributed by atoms with Crippen LogP contribution in [-0.2, 0) is 4.46 Å². The molecule has 0 unspecified atom stereocenters. The number of rotatable bonds is 4. The summed E-state index contributed by atoms with van der Waals surface area (Å²) in [4.78, 5) is 0. The number of benzene rings is 4. The van der Waals surface area contributed by atoms with Gasteiger partial charge >= 0.3 is 9.17 Å². The molecule has 0 aliphatic carbocycles. The van der Waals surface area contributed by atoms with E-state index >= 15 is 0 Å². The summed E-state index contributed by atoms with van der Waals surface area (Å²) in [5.41, 5.74) is 0. The van der Waals surface area contributed by atoms with Crippen molar-refractivity contribution in [1.82, 2.24) is 0 Å². The second-order valence-corrected chi connectivity index (χ2v) is 6.31. The topological polar surface area (TPSA) is 35.5 Å². The quantitative estimate of drug-likeness (QED) is 0.396. The third-order valence-corrected chi connectivity index (χ3v) is 4.67. The number of para-hydroxylation sites is 1. The predicted octanol–water partition coefficient (Wildman–Crippen LogP) is 4.87. The van der Waals surface area contributed by atoms with Crippen LogP contribution in [0.2, 0.25) is 0 Å². The molecule has 0 radical (unpaired) electrons. The standard InChI is InChI=1S/C20H14O3Si/c21-24(22-16-8-2-1-3-9-16)23-20-12-6-11-18-17-10-5-4-7-15(17)13-14-19(18)20/h1-14H. The molecule has 3 nitrogen and oxygen atoms in total. The summed E-state index contributed by atoms with van der Waals surface area (Å²) in [6.45, 7) is 0. The number of hydrogen-bond acceptors (Lipinski definition) is 3. The highest BCUT2D eigenvalue weighted by Gasteiger charge is 2.16. The molecule has 0 amide bonds. The van der Waals surface area contributed by atoms with Crippen LogP contribution in [0.3, 0.4) is 0 Å². The Labute approximate surface area is 141 Å². The first-order valence-electron chi connectivity index (χ1n) is 7.66. The van der Waals surface area contributed by atoms with Crippen molar-refractivity contribution >= 4 is 30.7 Å². The highest BCUT2D eigenvalue weighted by atomic mass is 28.3. The van der Waals surface area contributed by atoms with Gasteiger partial charge in [-0.05, 0) is 34.4 Å². The monoisotopic (exact) mass is 330 g/mol. The van der Waals surface area contributed by atoms with Crippen LogP contribution >= 0.6 is 0 Å². The molecule has 0 aliphatic rings. The van der Waals surface area contributed by atoms with Gasteiger partial charge in [-0.25, -0.2) is 0 Å². The fourth-order valence-corrected chi connectivity index (χ4v) is 3.52. The summed E-state index contributed by atoms with van der Waals surface area (Å²) in [6, 6.07) is 27.0. The summed E-state index contributed by atoms with van der Waals surface area (Å²) >= 11 is 0. The van der Waals surface area contributed by atoms with Crippen LogP contribution in [0.25, 0.3) is 21.5 Å². The van der Waals surface area contributed by atoms with Crippen molar-refractivity contribution in [2.45, 2.75) is 0 Å². The molecule has 4 heteroatoms. The van der Waals surface area contributed by atoms with Gasteiger partial charge in [0.2, 0.25) is 0 Å². The van der Waals surface area contributed by atoms with Gasteiger partial charge in [-0.3, -0.25) is 4.46 Å². The average molecular weight is 330 g/mol. The summed E-state index contributed by atoms with van der Waals surface area (Å²) in [7, 11) is -2.69. The SMILES string of the molecule is O=[Si](Oc1ccccc1)Oc1cccc2c1ccc1ccccc12. The van der Waals surface area contributed by atoms with Gasteiger partial charge in [-0.15, -0.1) is 0 Å². The Hall–Kier alpha value is -2.98. The molecule has 0 aliphatic heterocycles. The molecule has 0 bridgehead atoms. The molecular formula is C20H14O3Si. The minimum Gasteiger partial charge on any atom is -0.459 e. The van der Waals surface area contributed by atoms with Crippen LogP contribution in [0, 0.1) is 0 Å². The second kappa shape index (κ2) is 6.26. The maximum absolute atomic E-state index is 12.2. The average Bonchev–Trinajstić information content (AvgIpc) is 2.62. The Kier molecular flexibility index (Phi) is 3.81.